The lowest BCUT2D eigenvalue weighted by molar-refractivity contribution is 0.268. The molecule has 3 heteroatoms. The fourth-order valence-corrected chi connectivity index (χ4v) is 1.42. The predicted molar refractivity (Wildman–Crippen MR) is 56.5 cm³/mol. The third kappa shape index (κ3) is 2.79. The number of likely N-dealkylation sites (N-methyl/N-ethyl adjacent to an activating group) is 1. The highest BCUT2D eigenvalue weighted by atomic mass is 19.1. The van der Waals surface area contributed by atoms with E-state index >= 15 is 0 Å². The maximum Gasteiger partial charge on any atom is 0.123 e. The van der Waals surface area contributed by atoms with Gasteiger partial charge in [0.25, 0.3) is 0 Å². The first-order chi connectivity index (χ1) is 6.65. The Labute approximate surface area is 84.5 Å². The molecule has 1 aromatic carbocycles. The van der Waals surface area contributed by atoms with Crippen LogP contribution in [0.5, 0.6) is 0 Å². The Hall–Kier alpha value is -0.930. The number of hydrogen-bond acceptors (Lipinski definition) is 2. The third-order valence-electron chi connectivity index (χ3n) is 2.47. The normalized spacial score (nSPS) is 13.2. The fraction of sp³-hybridized carbons (Fsp3) is 0.455. The molecule has 1 atom stereocenters. The standard InChI is InChI=1S/C11H17FN2/c1-9(14(2)7-6-13)10-4-3-5-11(12)8-10/h3-5,8-9H,6-7,13H2,1-2H3. The van der Waals surface area contributed by atoms with Gasteiger partial charge in [-0.25, -0.2) is 4.39 Å². The second-order valence-corrected chi connectivity index (χ2v) is 3.50. The van der Waals surface area contributed by atoms with Gasteiger partial charge in [-0.05, 0) is 31.7 Å². The number of nitrogens with zero attached hydrogens (tertiary/aromatic N) is 1. The topological polar surface area (TPSA) is 29.3 Å². The summed E-state index contributed by atoms with van der Waals surface area (Å²) in [6.45, 7) is 3.48. The van der Waals surface area contributed by atoms with Crippen LogP contribution in [0.3, 0.4) is 0 Å². The van der Waals surface area contributed by atoms with E-state index in [4.69, 9.17) is 5.73 Å². The Balaban J connectivity index is 2.73. The molecule has 78 valence electrons. The average Bonchev–Trinajstić information content (AvgIpc) is 2.17. The summed E-state index contributed by atoms with van der Waals surface area (Å²) in [4.78, 5) is 2.11. The van der Waals surface area contributed by atoms with Gasteiger partial charge < -0.3 is 5.73 Å². The van der Waals surface area contributed by atoms with Crippen LogP contribution < -0.4 is 5.73 Å². The molecule has 0 saturated heterocycles. The molecule has 0 spiro atoms. The minimum atomic E-state index is -0.185. The summed E-state index contributed by atoms with van der Waals surface area (Å²) in [6.07, 6.45) is 0. The molecule has 0 aliphatic rings. The highest BCUT2D eigenvalue weighted by Crippen LogP contribution is 2.18. The summed E-state index contributed by atoms with van der Waals surface area (Å²) < 4.78 is 12.9. The van der Waals surface area contributed by atoms with E-state index in [9.17, 15) is 4.39 Å². The highest BCUT2D eigenvalue weighted by molar-refractivity contribution is 5.19. The molecule has 2 N–H and O–H groups in total. The van der Waals surface area contributed by atoms with Gasteiger partial charge in [0.05, 0.1) is 0 Å². The average molecular weight is 196 g/mol. The van der Waals surface area contributed by atoms with E-state index in [1.165, 1.54) is 6.07 Å². The Morgan fingerprint density at radius 3 is 2.79 bits per heavy atom. The molecular weight excluding hydrogens is 179 g/mol. The van der Waals surface area contributed by atoms with E-state index in [0.717, 1.165) is 12.1 Å². The molecule has 0 bridgehead atoms. The van der Waals surface area contributed by atoms with Gasteiger partial charge in [-0.2, -0.15) is 0 Å². The van der Waals surface area contributed by atoms with Crippen molar-refractivity contribution in [3.63, 3.8) is 0 Å². The molecule has 0 amide bonds. The van der Waals surface area contributed by atoms with Gasteiger partial charge in [0.2, 0.25) is 0 Å². The van der Waals surface area contributed by atoms with Crippen molar-refractivity contribution in [3.05, 3.63) is 35.6 Å². The van der Waals surface area contributed by atoms with E-state index < -0.39 is 0 Å². The molecule has 2 nitrogen and oxygen atoms in total. The van der Waals surface area contributed by atoms with Gasteiger partial charge in [-0.15, -0.1) is 0 Å². The van der Waals surface area contributed by atoms with E-state index in [2.05, 4.69) is 4.90 Å². The van der Waals surface area contributed by atoms with Crippen LogP contribution in [-0.2, 0) is 0 Å². The first kappa shape index (κ1) is 11.1. The molecule has 0 saturated carbocycles. The van der Waals surface area contributed by atoms with Crippen LogP contribution >= 0.6 is 0 Å². The van der Waals surface area contributed by atoms with Gasteiger partial charge in [0, 0.05) is 19.1 Å². The second kappa shape index (κ2) is 5.08. The quantitative estimate of drug-likeness (QED) is 0.795. The van der Waals surface area contributed by atoms with Gasteiger partial charge >= 0.3 is 0 Å². The molecule has 0 aromatic heterocycles. The molecule has 14 heavy (non-hydrogen) atoms. The predicted octanol–water partition coefficient (Wildman–Crippen LogP) is 1.78. The summed E-state index contributed by atoms with van der Waals surface area (Å²) in [5.41, 5.74) is 6.45. The van der Waals surface area contributed by atoms with Crippen molar-refractivity contribution >= 4 is 0 Å². The molecule has 0 aliphatic carbocycles. The highest BCUT2D eigenvalue weighted by Gasteiger charge is 2.10. The lowest BCUT2D eigenvalue weighted by atomic mass is 10.1. The summed E-state index contributed by atoms with van der Waals surface area (Å²) in [7, 11) is 1.99. The number of rotatable bonds is 4. The maximum absolute atomic E-state index is 12.9. The van der Waals surface area contributed by atoms with Crippen molar-refractivity contribution < 1.29 is 4.39 Å². The summed E-state index contributed by atoms with van der Waals surface area (Å²) in [6, 6.07) is 6.89. The summed E-state index contributed by atoms with van der Waals surface area (Å²) in [5, 5.41) is 0. The molecule has 1 aromatic rings. The smallest absolute Gasteiger partial charge is 0.123 e. The lowest BCUT2D eigenvalue weighted by Gasteiger charge is -2.24. The molecular formula is C11H17FN2. The zero-order valence-corrected chi connectivity index (χ0v) is 8.70. The first-order valence-electron chi connectivity index (χ1n) is 4.81. The number of nitrogens with two attached hydrogens (primary N) is 1. The van der Waals surface area contributed by atoms with Gasteiger partial charge in [-0.3, -0.25) is 4.90 Å². The van der Waals surface area contributed by atoms with Crippen LogP contribution in [0.25, 0.3) is 0 Å². The Bertz CT molecular complexity index is 288. The van der Waals surface area contributed by atoms with Crippen LogP contribution in [0, 0.1) is 5.82 Å². The monoisotopic (exact) mass is 196 g/mol. The van der Waals surface area contributed by atoms with Crippen molar-refractivity contribution in [2.24, 2.45) is 5.73 Å². The maximum atomic E-state index is 12.9. The fourth-order valence-electron chi connectivity index (χ4n) is 1.42. The molecule has 0 aliphatic heterocycles. The van der Waals surface area contributed by atoms with Crippen LogP contribution in [0.1, 0.15) is 18.5 Å². The minimum absolute atomic E-state index is 0.185. The number of halogens is 1. The lowest BCUT2D eigenvalue weighted by Crippen LogP contribution is -2.28. The Morgan fingerprint density at radius 2 is 2.21 bits per heavy atom. The Morgan fingerprint density at radius 1 is 1.50 bits per heavy atom. The molecule has 0 heterocycles. The van der Waals surface area contributed by atoms with E-state index in [-0.39, 0.29) is 11.9 Å². The molecule has 0 radical (unpaired) electrons. The molecule has 0 fully saturated rings. The number of hydrogen-bond donors (Lipinski definition) is 1. The van der Waals surface area contributed by atoms with Crippen molar-refractivity contribution in [1.29, 1.82) is 0 Å². The van der Waals surface area contributed by atoms with Crippen LogP contribution in [0.15, 0.2) is 24.3 Å². The molecule has 1 rings (SSSR count). The summed E-state index contributed by atoms with van der Waals surface area (Å²) >= 11 is 0. The zero-order chi connectivity index (χ0) is 10.6. The third-order valence-corrected chi connectivity index (χ3v) is 2.47. The van der Waals surface area contributed by atoms with Crippen LogP contribution in [0.2, 0.25) is 0 Å². The van der Waals surface area contributed by atoms with Crippen molar-refractivity contribution in [1.82, 2.24) is 4.90 Å². The number of benzene rings is 1. The van der Waals surface area contributed by atoms with E-state index in [1.54, 1.807) is 12.1 Å². The van der Waals surface area contributed by atoms with E-state index in [0.29, 0.717) is 6.54 Å². The second-order valence-electron chi connectivity index (χ2n) is 3.50. The molecule has 1 unspecified atom stereocenters. The van der Waals surface area contributed by atoms with Gasteiger partial charge in [0.1, 0.15) is 5.82 Å². The minimum Gasteiger partial charge on any atom is -0.329 e. The van der Waals surface area contributed by atoms with Crippen molar-refractivity contribution in [2.45, 2.75) is 13.0 Å². The summed E-state index contributed by atoms with van der Waals surface area (Å²) in [5.74, 6) is -0.185. The van der Waals surface area contributed by atoms with Crippen molar-refractivity contribution in [2.75, 3.05) is 20.1 Å². The van der Waals surface area contributed by atoms with Crippen molar-refractivity contribution in [3.8, 4) is 0 Å². The van der Waals surface area contributed by atoms with Gasteiger partial charge in [-0.1, -0.05) is 12.1 Å². The van der Waals surface area contributed by atoms with Gasteiger partial charge in [0.15, 0.2) is 0 Å². The SMILES string of the molecule is CC(c1cccc(F)c1)N(C)CCN. The first-order valence-corrected chi connectivity index (χ1v) is 4.81. The van der Waals surface area contributed by atoms with Crippen LogP contribution in [-0.4, -0.2) is 25.0 Å². The van der Waals surface area contributed by atoms with E-state index in [1.807, 2.05) is 20.0 Å². The largest absolute Gasteiger partial charge is 0.329 e. The Kier molecular flexibility index (Phi) is 4.04. The van der Waals surface area contributed by atoms with Crippen LogP contribution in [0.4, 0.5) is 4.39 Å². The zero-order valence-electron chi connectivity index (χ0n) is 8.70.